The lowest BCUT2D eigenvalue weighted by atomic mass is 10.1. The highest BCUT2D eigenvalue weighted by molar-refractivity contribution is 7.71. The number of hydrogen-bond acceptors (Lipinski definition) is 4. The highest BCUT2D eigenvalue weighted by Crippen LogP contribution is 2.31. The molecule has 0 bridgehead atoms. The van der Waals surface area contributed by atoms with Crippen LogP contribution >= 0.6 is 12.2 Å². The largest absolute Gasteiger partial charge is 0.497 e. The zero-order valence-electron chi connectivity index (χ0n) is 11.2. The predicted octanol–water partition coefficient (Wildman–Crippen LogP) is 4.54. The molecule has 0 radical (unpaired) electrons. The van der Waals surface area contributed by atoms with Crippen molar-refractivity contribution in [3.05, 3.63) is 52.9 Å². The van der Waals surface area contributed by atoms with Gasteiger partial charge in [0.25, 0.3) is 0 Å². The fourth-order valence-corrected chi connectivity index (χ4v) is 2.64. The second kappa shape index (κ2) is 5.06. The van der Waals surface area contributed by atoms with E-state index in [-0.39, 0.29) is 0 Å². The number of hydrogen-bond donors (Lipinski definition) is 0. The molecular formula is C16H13NO2S. The highest BCUT2D eigenvalue weighted by atomic mass is 32.1. The summed E-state index contributed by atoms with van der Waals surface area (Å²) in [7, 11) is 1.63. The molecule has 0 atom stereocenters. The van der Waals surface area contributed by atoms with Gasteiger partial charge in [-0.25, -0.2) is 0 Å². The average Bonchev–Trinajstić information content (AvgIpc) is 2.47. The van der Waals surface area contributed by atoms with Crippen LogP contribution in [0, 0.1) is 11.4 Å². The van der Waals surface area contributed by atoms with Crippen LogP contribution in [-0.2, 0) is 0 Å². The van der Waals surface area contributed by atoms with E-state index in [0.717, 1.165) is 38.2 Å². The van der Waals surface area contributed by atoms with Gasteiger partial charge in [0.05, 0.1) is 22.9 Å². The summed E-state index contributed by atoms with van der Waals surface area (Å²) in [5.74, 6) is 1.51. The Morgan fingerprint density at radius 2 is 2.05 bits per heavy atom. The monoisotopic (exact) mass is 283 g/mol. The number of nitrogens with zero attached hydrogens (tertiary/aromatic N) is 1. The van der Waals surface area contributed by atoms with E-state index in [0.29, 0.717) is 0 Å². The van der Waals surface area contributed by atoms with Gasteiger partial charge >= 0.3 is 0 Å². The first-order valence-corrected chi connectivity index (χ1v) is 6.64. The number of ether oxygens (including phenoxy) is 1. The second-order valence-electron chi connectivity index (χ2n) is 4.44. The third kappa shape index (κ3) is 2.08. The molecule has 100 valence electrons. The lowest BCUT2D eigenvalue weighted by molar-refractivity contribution is 0.414. The minimum atomic E-state index is 0.728. The molecule has 1 aromatic carbocycles. The molecule has 0 aliphatic rings. The molecule has 2 heterocycles. The van der Waals surface area contributed by atoms with Crippen molar-refractivity contribution < 1.29 is 9.15 Å². The van der Waals surface area contributed by atoms with Crippen LogP contribution < -0.4 is 4.74 Å². The Morgan fingerprint density at radius 1 is 1.20 bits per heavy atom. The summed E-state index contributed by atoms with van der Waals surface area (Å²) in [5.41, 5.74) is 2.43. The molecule has 0 N–H and O–H groups in total. The minimum absolute atomic E-state index is 0.728. The first-order valence-electron chi connectivity index (χ1n) is 6.23. The molecule has 0 saturated carbocycles. The molecule has 20 heavy (non-hydrogen) atoms. The normalized spacial score (nSPS) is 10.7. The Balaban J connectivity index is 2.33. The molecule has 0 unspecified atom stereocenters. The van der Waals surface area contributed by atoms with Crippen molar-refractivity contribution in [3.63, 3.8) is 0 Å². The van der Waals surface area contributed by atoms with E-state index in [1.807, 2.05) is 43.3 Å². The summed E-state index contributed by atoms with van der Waals surface area (Å²) in [5, 5.41) is 0.895. The van der Waals surface area contributed by atoms with Gasteiger partial charge < -0.3 is 9.15 Å². The van der Waals surface area contributed by atoms with Crippen LogP contribution in [0.2, 0.25) is 0 Å². The third-order valence-corrected chi connectivity index (χ3v) is 3.62. The number of rotatable bonds is 2. The van der Waals surface area contributed by atoms with Crippen molar-refractivity contribution in [1.82, 2.24) is 4.98 Å². The topological polar surface area (TPSA) is 35.3 Å². The maximum absolute atomic E-state index is 5.88. The van der Waals surface area contributed by atoms with Crippen LogP contribution in [0.5, 0.6) is 5.75 Å². The molecule has 0 aliphatic heterocycles. The van der Waals surface area contributed by atoms with E-state index < -0.39 is 0 Å². The molecule has 0 amide bonds. The van der Waals surface area contributed by atoms with Gasteiger partial charge in [-0.2, -0.15) is 0 Å². The zero-order valence-corrected chi connectivity index (χ0v) is 12.0. The lowest BCUT2D eigenvalue weighted by Gasteiger charge is -2.08. The molecule has 3 rings (SSSR count). The summed E-state index contributed by atoms with van der Waals surface area (Å²) in [6, 6.07) is 11.4. The Morgan fingerprint density at radius 3 is 2.75 bits per heavy atom. The molecule has 0 fully saturated rings. The van der Waals surface area contributed by atoms with E-state index in [9.17, 15) is 0 Å². The first kappa shape index (κ1) is 12.8. The summed E-state index contributed by atoms with van der Waals surface area (Å²) in [6.07, 6.45) is 1.75. The number of benzene rings is 1. The van der Waals surface area contributed by atoms with Crippen LogP contribution in [0.4, 0.5) is 0 Å². The summed E-state index contributed by atoms with van der Waals surface area (Å²) >= 11 is 5.60. The fourth-order valence-electron chi connectivity index (χ4n) is 2.22. The minimum Gasteiger partial charge on any atom is -0.497 e. The van der Waals surface area contributed by atoms with E-state index in [4.69, 9.17) is 21.4 Å². The van der Waals surface area contributed by atoms with Crippen molar-refractivity contribution >= 4 is 23.2 Å². The molecule has 2 aromatic heterocycles. The lowest BCUT2D eigenvalue weighted by Crippen LogP contribution is -1.90. The van der Waals surface area contributed by atoms with E-state index in [1.54, 1.807) is 13.3 Å². The number of aryl methyl sites for hydroxylation is 1. The number of pyridine rings is 1. The van der Waals surface area contributed by atoms with Crippen molar-refractivity contribution in [2.24, 2.45) is 0 Å². The number of aromatic nitrogens is 1. The molecular weight excluding hydrogens is 270 g/mol. The fraction of sp³-hybridized carbons (Fsp3) is 0.125. The molecule has 0 spiro atoms. The Hall–Kier alpha value is -2.20. The van der Waals surface area contributed by atoms with Crippen molar-refractivity contribution in [1.29, 1.82) is 0 Å². The van der Waals surface area contributed by atoms with Crippen LogP contribution in [0.25, 0.3) is 22.2 Å². The van der Waals surface area contributed by atoms with Gasteiger partial charge in [0, 0.05) is 17.6 Å². The van der Waals surface area contributed by atoms with Crippen LogP contribution in [-0.4, -0.2) is 12.1 Å². The molecule has 3 aromatic rings. The average molecular weight is 283 g/mol. The standard InChI is InChI=1S/C16H13NO2S/c1-10-15(13-5-3-4-8-17-13)16(20)12-7-6-11(18-2)9-14(12)19-10/h3-9H,1-2H3. The zero-order chi connectivity index (χ0) is 14.1. The van der Waals surface area contributed by atoms with Gasteiger partial charge in [-0.3, -0.25) is 4.98 Å². The van der Waals surface area contributed by atoms with Gasteiger partial charge in [0.15, 0.2) is 0 Å². The second-order valence-corrected chi connectivity index (χ2v) is 4.85. The molecule has 3 nitrogen and oxygen atoms in total. The maximum Gasteiger partial charge on any atom is 0.139 e. The Bertz CT molecular complexity index is 825. The molecule has 0 aliphatic carbocycles. The van der Waals surface area contributed by atoms with Crippen LogP contribution in [0.3, 0.4) is 0 Å². The molecule has 0 saturated heterocycles. The van der Waals surface area contributed by atoms with Crippen LogP contribution in [0.15, 0.2) is 47.0 Å². The van der Waals surface area contributed by atoms with E-state index >= 15 is 0 Å². The predicted molar refractivity (Wildman–Crippen MR) is 81.6 cm³/mol. The van der Waals surface area contributed by atoms with Gasteiger partial charge in [0.1, 0.15) is 17.1 Å². The quantitative estimate of drug-likeness (QED) is 0.647. The SMILES string of the molecule is COc1ccc2c(=S)c(-c3ccccn3)c(C)oc2c1. The summed E-state index contributed by atoms with van der Waals surface area (Å²) < 4.78 is 11.8. The van der Waals surface area contributed by atoms with Crippen LogP contribution in [0.1, 0.15) is 5.76 Å². The van der Waals surface area contributed by atoms with Gasteiger partial charge in [-0.05, 0) is 31.2 Å². The van der Waals surface area contributed by atoms with Gasteiger partial charge in [-0.1, -0.05) is 18.3 Å². The van der Waals surface area contributed by atoms with Crippen molar-refractivity contribution in [2.75, 3.05) is 7.11 Å². The smallest absolute Gasteiger partial charge is 0.139 e. The number of methoxy groups -OCH3 is 1. The van der Waals surface area contributed by atoms with Gasteiger partial charge in [0.2, 0.25) is 0 Å². The van der Waals surface area contributed by atoms with Gasteiger partial charge in [-0.15, -0.1) is 0 Å². The number of fused-ring (bicyclic) bond motifs is 1. The van der Waals surface area contributed by atoms with Crippen molar-refractivity contribution in [2.45, 2.75) is 6.92 Å². The summed E-state index contributed by atoms with van der Waals surface area (Å²) in [6.45, 7) is 1.90. The first-order chi connectivity index (χ1) is 9.70. The Kier molecular flexibility index (Phi) is 3.24. The maximum atomic E-state index is 5.88. The van der Waals surface area contributed by atoms with E-state index in [2.05, 4.69) is 4.98 Å². The summed E-state index contributed by atoms with van der Waals surface area (Å²) in [4.78, 5) is 4.36. The highest BCUT2D eigenvalue weighted by Gasteiger charge is 2.12. The Labute approximate surface area is 121 Å². The molecule has 4 heteroatoms. The third-order valence-electron chi connectivity index (χ3n) is 3.20. The van der Waals surface area contributed by atoms with Crippen molar-refractivity contribution in [3.8, 4) is 17.0 Å². The van der Waals surface area contributed by atoms with E-state index in [1.165, 1.54) is 0 Å².